The lowest BCUT2D eigenvalue weighted by molar-refractivity contribution is -0.129. The number of aliphatic hydroxyl groups excluding tert-OH is 1. The van der Waals surface area contributed by atoms with Crippen LogP contribution in [0.15, 0.2) is 42.6 Å². The lowest BCUT2D eigenvalue weighted by Crippen LogP contribution is -2.41. The Balaban J connectivity index is 1.41. The second kappa shape index (κ2) is 10.8. The van der Waals surface area contributed by atoms with Crippen molar-refractivity contribution < 1.29 is 33.0 Å². The van der Waals surface area contributed by atoms with Gasteiger partial charge >= 0.3 is 0 Å². The van der Waals surface area contributed by atoms with E-state index in [9.17, 15) is 23.5 Å². The van der Waals surface area contributed by atoms with E-state index < -0.39 is 35.7 Å². The minimum absolute atomic E-state index is 0.0718. The van der Waals surface area contributed by atoms with Crippen LogP contribution in [0.4, 0.5) is 8.78 Å². The summed E-state index contributed by atoms with van der Waals surface area (Å²) < 4.78 is 37.6. The molecule has 0 saturated heterocycles. The summed E-state index contributed by atoms with van der Waals surface area (Å²) in [5.41, 5.74) is 0.363. The fourth-order valence-electron chi connectivity index (χ4n) is 3.03. The van der Waals surface area contributed by atoms with Crippen molar-refractivity contribution >= 4 is 35.0 Å². The molecule has 0 aliphatic carbocycles. The first-order valence-corrected chi connectivity index (χ1v) is 10.6. The highest BCUT2D eigenvalue weighted by molar-refractivity contribution is 6.42. The van der Waals surface area contributed by atoms with Crippen LogP contribution in [0.3, 0.4) is 0 Å². The monoisotopic (exact) mass is 500 g/mol. The Morgan fingerprint density at radius 3 is 2.64 bits per heavy atom. The topological polar surface area (TPSA) is 96.9 Å². The lowest BCUT2D eigenvalue weighted by Gasteiger charge is -2.29. The van der Waals surface area contributed by atoms with Crippen LogP contribution in [0.2, 0.25) is 10.0 Å². The Labute approximate surface area is 198 Å². The van der Waals surface area contributed by atoms with Crippen molar-refractivity contribution in [2.75, 3.05) is 13.2 Å². The van der Waals surface area contributed by atoms with E-state index >= 15 is 0 Å². The molecular weight excluding hydrogens is 481 g/mol. The third-order valence-electron chi connectivity index (χ3n) is 4.72. The van der Waals surface area contributed by atoms with Crippen molar-refractivity contribution in [1.29, 1.82) is 0 Å². The molecule has 0 fully saturated rings. The summed E-state index contributed by atoms with van der Waals surface area (Å²) in [7, 11) is 0. The molecular formula is C22H20Cl2F2N2O5. The van der Waals surface area contributed by atoms with E-state index in [1.54, 1.807) is 12.1 Å². The van der Waals surface area contributed by atoms with Gasteiger partial charge in [-0.2, -0.15) is 0 Å². The molecule has 0 radical (unpaired) electrons. The predicted octanol–water partition coefficient (Wildman–Crippen LogP) is 3.67. The van der Waals surface area contributed by atoms with Gasteiger partial charge in [0.1, 0.15) is 11.5 Å². The average Bonchev–Trinajstić information content (AvgIpc) is 2.75. The van der Waals surface area contributed by atoms with Gasteiger partial charge in [-0.05, 0) is 18.2 Å². The van der Waals surface area contributed by atoms with Gasteiger partial charge in [0.25, 0.3) is 11.8 Å². The minimum Gasteiger partial charge on any atom is -0.484 e. The van der Waals surface area contributed by atoms with E-state index in [0.29, 0.717) is 21.5 Å². The molecule has 0 aromatic heterocycles. The van der Waals surface area contributed by atoms with Gasteiger partial charge in [-0.25, -0.2) is 8.78 Å². The fourth-order valence-corrected chi connectivity index (χ4v) is 3.32. The van der Waals surface area contributed by atoms with Crippen molar-refractivity contribution in [3.05, 3.63) is 69.9 Å². The first-order chi connectivity index (χ1) is 15.6. The number of fused-ring (bicyclic) bond motifs is 1. The first-order valence-electron chi connectivity index (χ1n) is 9.81. The maximum absolute atomic E-state index is 13.5. The number of rotatable bonds is 8. The number of aliphatic hydroxyl groups is 1. The fraction of sp³-hybridized carbons (Fsp3) is 0.273. The van der Waals surface area contributed by atoms with Crippen molar-refractivity contribution in [3.8, 4) is 11.5 Å². The zero-order valence-corrected chi connectivity index (χ0v) is 18.7. The molecule has 1 aliphatic rings. The molecule has 176 valence electrons. The number of nitrogens with one attached hydrogen (secondary N) is 2. The Morgan fingerprint density at radius 1 is 1.18 bits per heavy atom. The van der Waals surface area contributed by atoms with E-state index in [1.165, 1.54) is 6.07 Å². The molecule has 2 aromatic rings. The highest BCUT2D eigenvalue weighted by Crippen LogP contribution is 2.36. The molecule has 1 heterocycles. The molecule has 2 atom stereocenters. The number of amides is 2. The minimum atomic E-state index is -1.19. The lowest BCUT2D eigenvalue weighted by atomic mass is 9.98. The summed E-state index contributed by atoms with van der Waals surface area (Å²) in [6.07, 6.45) is -2.23. The van der Waals surface area contributed by atoms with Gasteiger partial charge in [0.15, 0.2) is 24.3 Å². The predicted molar refractivity (Wildman–Crippen MR) is 117 cm³/mol. The van der Waals surface area contributed by atoms with E-state index in [2.05, 4.69) is 17.2 Å². The summed E-state index contributed by atoms with van der Waals surface area (Å²) in [4.78, 5) is 24.3. The second-order valence-electron chi connectivity index (χ2n) is 7.22. The van der Waals surface area contributed by atoms with Crippen LogP contribution in [-0.2, 0) is 9.59 Å². The van der Waals surface area contributed by atoms with Gasteiger partial charge in [-0.15, -0.1) is 0 Å². The molecule has 3 rings (SSSR count). The summed E-state index contributed by atoms with van der Waals surface area (Å²) in [5, 5.41) is 16.0. The largest absolute Gasteiger partial charge is 0.484 e. The molecule has 2 amide bonds. The number of carbonyl (C=O) groups excluding carboxylic acids is 2. The molecule has 33 heavy (non-hydrogen) atoms. The molecule has 0 unspecified atom stereocenters. The molecule has 7 nitrogen and oxygen atoms in total. The number of halogens is 4. The van der Waals surface area contributed by atoms with Gasteiger partial charge in [0.2, 0.25) is 0 Å². The highest BCUT2D eigenvalue weighted by Gasteiger charge is 2.33. The van der Waals surface area contributed by atoms with Crippen LogP contribution in [0, 0.1) is 11.6 Å². The van der Waals surface area contributed by atoms with Gasteiger partial charge in [-0.1, -0.05) is 29.8 Å². The van der Waals surface area contributed by atoms with E-state index in [1.807, 2.05) is 0 Å². The van der Waals surface area contributed by atoms with Crippen molar-refractivity contribution in [3.63, 3.8) is 0 Å². The maximum atomic E-state index is 13.5. The van der Waals surface area contributed by atoms with E-state index in [-0.39, 0.29) is 37.3 Å². The third-order valence-corrected chi connectivity index (χ3v) is 5.46. The number of hydrogen-bond donors (Lipinski definition) is 3. The Kier molecular flexibility index (Phi) is 8.12. The summed E-state index contributed by atoms with van der Waals surface area (Å²) in [5.74, 6) is -2.99. The van der Waals surface area contributed by atoms with Crippen molar-refractivity contribution in [2.24, 2.45) is 0 Å². The summed E-state index contributed by atoms with van der Waals surface area (Å²) in [6, 6.07) is 6.24. The molecule has 11 heteroatoms. The molecule has 0 spiro atoms. The zero-order valence-electron chi connectivity index (χ0n) is 17.2. The van der Waals surface area contributed by atoms with Gasteiger partial charge in [0.05, 0.1) is 16.1 Å². The Hall–Kier alpha value is -2.88. The SMILES string of the molecule is C=C(CCNC(=O)COc1ccc(Cl)c(Cl)c1)NC(=O)[C@@H]1C[C@H](O)c2cc(F)c(F)cc2O1. The smallest absolute Gasteiger partial charge is 0.265 e. The molecule has 3 N–H and O–H groups in total. The van der Waals surface area contributed by atoms with Crippen LogP contribution in [0.25, 0.3) is 0 Å². The summed E-state index contributed by atoms with van der Waals surface area (Å²) >= 11 is 11.7. The number of hydrogen-bond acceptors (Lipinski definition) is 5. The molecule has 2 aromatic carbocycles. The Morgan fingerprint density at radius 2 is 1.91 bits per heavy atom. The summed E-state index contributed by atoms with van der Waals surface area (Å²) in [6.45, 7) is 3.64. The second-order valence-corrected chi connectivity index (χ2v) is 8.03. The Bertz CT molecular complexity index is 1080. The third kappa shape index (κ3) is 6.56. The molecule has 0 saturated carbocycles. The molecule has 0 bridgehead atoms. The standard InChI is InChI=1S/C22H20Cl2F2N2O5/c1-11(4-5-27-21(30)10-32-12-2-3-14(23)15(24)6-12)28-22(31)20-9-18(29)13-7-16(25)17(26)8-19(13)33-20/h2-3,6-8,18,20,29H,1,4-5,9-10H2,(H,27,30)(H,28,31)/t18-,20-/m0/s1. The first kappa shape index (κ1) is 24.8. The van der Waals surface area contributed by atoms with Crippen molar-refractivity contribution in [2.45, 2.75) is 25.0 Å². The van der Waals surface area contributed by atoms with Crippen LogP contribution in [0.5, 0.6) is 11.5 Å². The quantitative estimate of drug-likeness (QED) is 0.513. The highest BCUT2D eigenvalue weighted by atomic mass is 35.5. The van der Waals surface area contributed by atoms with Gasteiger partial charge < -0.3 is 25.2 Å². The number of carbonyl (C=O) groups is 2. The maximum Gasteiger partial charge on any atom is 0.265 e. The van der Waals surface area contributed by atoms with Crippen LogP contribution >= 0.6 is 23.2 Å². The van der Waals surface area contributed by atoms with Crippen LogP contribution < -0.4 is 20.1 Å². The van der Waals surface area contributed by atoms with E-state index in [0.717, 1.165) is 12.1 Å². The number of benzene rings is 2. The van der Waals surface area contributed by atoms with Crippen LogP contribution in [-0.4, -0.2) is 36.2 Å². The van der Waals surface area contributed by atoms with E-state index in [4.69, 9.17) is 32.7 Å². The van der Waals surface area contributed by atoms with Crippen LogP contribution in [0.1, 0.15) is 24.5 Å². The molecule has 1 aliphatic heterocycles. The average molecular weight is 501 g/mol. The van der Waals surface area contributed by atoms with Gasteiger partial charge in [0, 0.05) is 42.8 Å². The number of ether oxygens (including phenoxy) is 2. The van der Waals surface area contributed by atoms with Crippen molar-refractivity contribution in [1.82, 2.24) is 10.6 Å². The van der Waals surface area contributed by atoms with Gasteiger partial charge in [-0.3, -0.25) is 9.59 Å². The normalized spacial score (nSPS) is 16.9. The zero-order chi connectivity index (χ0) is 24.1.